The molecule has 1 amide bonds. The van der Waals surface area contributed by atoms with Crippen LogP contribution in [0.2, 0.25) is 5.02 Å². The summed E-state index contributed by atoms with van der Waals surface area (Å²) in [6.45, 7) is 2.16. The monoisotopic (exact) mass is 544 g/mol. The van der Waals surface area contributed by atoms with Gasteiger partial charge in [0.1, 0.15) is 5.82 Å². The molecule has 0 saturated carbocycles. The number of likely N-dealkylation sites (tertiary alicyclic amines) is 1. The Labute approximate surface area is 214 Å². The van der Waals surface area contributed by atoms with E-state index in [0.717, 1.165) is 30.3 Å². The minimum absolute atomic E-state index is 0.00114. The molecule has 2 fully saturated rings. The number of hydrogen-bond acceptors (Lipinski definition) is 4. The second-order valence-corrected chi connectivity index (χ2v) is 9.96. The van der Waals surface area contributed by atoms with E-state index < -0.39 is 23.5 Å². The predicted molar refractivity (Wildman–Crippen MR) is 126 cm³/mol. The van der Waals surface area contributed by atoms with Crippen molar-refractivity contribution in [3.63, 3.8) is 0 Å². The van der Waals surface area contributed by atoms with Crippen LogP contribution in [0, 0.1) is 0 Å². The van der Waals surface area contributed by atoms with Gasteiger partial charge in [-0.3, -0.25) is 9.69 Å². The number of anilines is 1. The molecule has 0 aliphatic carbocycles. The van der Waals surface area contributed by atoms with Crippen molar-refractivity contribution in [2.45, 2.75) is 37.3 Å². The van der Waals surface area contributed by atoms with E-state index in [1.165, 1.54) is 12.1 Å². The highest BCUT2D eigenvalue weighted by Crippen LogP contribution is 2.38. The van der Waals surface area contributed by atoms with Crippen molar-refractivity contribution in [3.05, 3.63) is 64.3 Å². The van der Waals surface area contributed by atoms with Crippen molar-refractivity contribution in [1.82, 2.24) is 14.8 Å². The summed E-state index contributed by atoms with van der Waals surface area (Å²) in [4.78, 5) is 22.7. The van der Waals surface area contributed by atoms with E-state index in [1.807, 2.05) is 20.8 Å². The van der Waals surface area contributed by atoms with Crippen molar-refractivity contribution >= 4 is 28.9 Å². The molecule has 4 heterocycles. The van der Waals surface area contributed by atoms with Crippen molar-refractivity contribution in [2.75, 3.05) is 37.6 Å². The van der Waals surface area contributed by atoms with Crippen LogP contribution in [0.4, 0.5) is 32.2 Å². The summed E-state index contributed by atoms with van der Waals surface area (Å²) in [5.41, 5.74) is -0.412. The van der Waals surface area contributed by atoms with Crippen LogP contribution in [-0.4, -0.2) is 65.5 Å². The Morgan fingerprint density at radius 2 is 1.81 bits per heavy atom. The molecule has 3 aliphatic heterocycles. The average molecular weight is 545 g/mol. The van der Waals surface area contributed by atoms with E-state index >= 15 is 0 Å². The predicted octanol–water partition coefficient (Wildman–Crippen LogP) is 5.35. The van der Waals surface area contributed by atoms with Gasteiger partial charge in [0.15, 0.2) is 0 Å². The highest BCUT2D eigenvalue weighted by molar-refractivity contribution is 6.31. The van der Waals surface area contributed by atoms with E-state index in [0.29, 0.717) is 44.0 Å². The number of hydrogen-bond donors (Lipinski definition) is 0. The van der Waals surface area contributed by atoms with Crippen molar-refractivity contribution in [3.8, 4) is 0 Å². The first-order valence-corrected chi connectivity index (χ1v) is 12.2. The molecule has 5 rings (SSSR count). The third kappa shape index (κ3) is 5.29. The van der Waals surface area contributed by atoms with Gasteiger partial charge < -0.3 is 9.80 Å². The Bertz CT molecular complexity index is 1210. The molecule has 3 aliphatic rings. The van der Waals surface area contributed by atoms with E-state index in [1.54, 1.807) is 6.07 Å². The molecule has 0 radical (unpaired) electrons. The molecule has 1 aromatic carbocycles. The van der Waals surface area contributed by atoms with Gasteiger partial charge in [-0.2, -0.15) is 26.3 Å². The number of amides is 1. The zero-order chi connectivity index (χ0) is 26.5. The van der Waals surface area contributed by atoms with Gasteiger partial charge in [0.2, 0.25) is 5.91 Å². The standard InChI is InChI=1S/C25H23ClF6N4O/c26-21-3-1-16(9-20(21)25(30,31)32)15-5-7-34(8-6-15)14-23(37)36-13-18-10-19(36)12-35(18)22-4-2-17(11-33-22)24(27,28)29/h1-5,9,11,18-19H,6-8,10,12-14H2. The van der Waals surface area contributed by atoms with Gasteiger partial charge in [-0.15, -0.1) is 0 Å². The number of aromatic nitrogens is 1. The van der Waals surface area contributed by atoms with Crippen LogP contribution >= 0.6 is 11.6 Å². The summed E-state index contributed by atoms with van der Waals surface area (Å²) in [5.74, 6) is 0.437. The van der Waals surface area contributed by atoms with E-state index in [2.05, 4.69) is 4.98 Å². The van der Waals surface area contributed by atoms with Gasteiger partial charge in [0.05, 0.1) is 34.8 Å². The molecule has 5 nitrogen and oxygen atoms in total. The van der Waals surface area contributed by atoms with Crippen LogP contribution in [0.15, 0.2) is 42.6 Å². The first kappa shape index (κ1) is 25.8. The molecule has 37 heavy (non-hydrogen) atoms. The molecule has 12 heteroatoms. The average Bonchev–Trinajstić information content (AvgIpc) is 3.45. The molecule has 1 aromatic heterocycles. The first-order valence-electron chi connectivity index (χ1n) is 11.8. The van der Waals surface area contributed by atoms with Gasteiger partial charge in [0, 0.05) is 32.4 Å². The normalized spacial score (nSPS) is 22.5. The largest absolute Gasteiger partial charge is 0.417 e. The van der Waals surface area contributed by atoms with Crippen LogP contribution in [0.3, 0.4) is 0 Å². The van der Waals surface area contributed by atoms with Gasteiger partial charge in [-0.05, 0) is 48.2 Å². The summed E-state index contributed by atoms with van der Waals surface area (Å²) < 4.78 is 78.0. The molecular formula is C25H23ClF6N4O. The Morgan fingerprint density at radius 1 is 1.03 bits per heavy atom. The molecule has 2 saturated heterocycles. The molecule has 2 aromatic rings. The zero-order valence-electron chi connectivity index (χ0n) is 19.5. The number of carbonyl (C=O) groups excluding carboxylic acids is 1. The lowest BCUT2D eigenvalue weighted by Crippen LogP contribution is -2.51. The second kappa shape index (κ2) is 9.50. The summed E-state index contributed by atoms with van der Waals surface area (Å²) >= 11 is 5.72. The lowest BCUT2D eigenvalue weighted by molar-refractivity contribution is -0.138. The fourth-order valence-electron chi connectivity index (χ4n) is 5.32. The maximum atomic E-state index is 13.2. The van der Waals surface area contributed by atoms with E-state index in [4.69, 9.17) is 11.6 Å². The van der Waals surface area contributed by atoms with Crippen molar-refractivity contribution in [1.29, 1.82) is 0 Å². The number of pyridine rings is 1. The van der Waals surface area contributed by atoms with Crippen LogP contribution in [0.1, 0.15) is 29.5 Å². The van der Waals surface area contributed by atoms with Crippen LogP contribution in [-0.2, 0) is 17.1 Å². The van der Waals surface area contributed by atoms with Crippen molar-refractivity contribution < 1.29 is 31.1 Å². The number of piperazine rings is 1. The SMILES string of the molecule is O=C(CN1CC=C(c2ccc(Cl)c(C(F)(F)F)c2)CC1)N1CC2CC1CN2c1ccc(C(F)(F)F)cn1. The van der Waals surface area contributed by atoms with Crippen molar-refractivity contribution in [2.24, 2.45) is 0 Å². The fourth-order valence-corrected chi connectivity index (χ4v) is 5.54. The third-order valence-corrected chi connectivity index (χ3v) is 7.55. The molecule has 198 valence electrons. The fraction of sp³-hybridized carbons (Fsp3) is 0.440. The third-order valence-electron chi connectivity index (χ3n) is 7.23. The summed E-state index contributed by atoms with van der Waals surface area (Å²) in [6.07, 6.45) is -5.06. The van der Waals surface area contributed by atoms with Crippen LogP contribution in [0.25, 0.3) is 5.57 Å². The minimum atomic E-state index is -4.53. The molecule has 0 spiro atoms. The molecule has 0 N–H and O–H groups in total. The maximum Gasteiger partial charge on any atom is 0.417 e. The maximum absolute atomic E-state index is 13.2. The molecule has 2 unspecified atom stereocenters. The smallest absolute Gasteiger partial charge is 0.350 e. The number of rotatable bonds is 4. The van der Waals surface area contributed by atoms with Crippen LogP contribution in [0.5, 0.6) is 0 Å². The Kier molecular flexibility index (Phi) is 6.64. The highest BCUT2D eigenvalue weighted by Gasteiger charge is 2.46. The molecule has 2 atom stereocenters. The van der Waals surface area contributed by atoms with E-state index in [-0.39, 0.29) is 29.6 Å². The molecular weight excluding hydrogens is 522 g/mol. The number of alkyl halides is 6. The number of halogens is 7. The molecule has 2 bridgehead atoms. The number of fused-ring (bicyclic) bond motifs is 2. The lowest BCUT2D eigenvalue weighted by Gasteiger charge is -2.36. The summed E-state index contributed by atoms with van der Waals surface area (Å²) in [7, 11) is 0. The minimum Gasteiger partial charge on any atom is -0.350 e. The van der Waals surface area contributed by atoms with Gasteiger partial charge >= 0.3 is 12.4 Å². The summed E-state index contributed by atoms with van der Waals surface area (Å²) in [5, 5.41) is -0.340. The van der Waals surface area contributed by atoms with Gasteiger partial charge in [0.25, 0.3) is 0 Å². The number of nitrogens with zero attached hydrogens (tertiary/aromatic N) is 4. The first-order chi connectivity index (χ1) is 17.4. The topological polar surface area (TPSA) is 39.7 Å². The quantitative estimate of drug-likeness (QED) is 0.487. The zero-order valence-corrected chi connectivity index (χ0v) is 20.2. The number of benzene rings is 1. The van der Waals surface area contributed by atoms with Crippen LogP contribution < -0.4 is 4.90 Å². The Hall–Kier alpha value is -2.79. The number of carbonyl (C=O) groups is 1. The van der Waals surface area contributed by atoms with E-state index in [9.17, 15) is 31.1 Å². The lowest BCUT2D eigenvalue weighted by atomic mass is 9.97. The second-order valence-electron chi connectivity index (χ2n) is 9.55. The Morgan fingerprint density at radius 3 is 2.38 bits per heavy atom. The Balaban J connectivity index is 1.16. The van der Waals surface area contributed by atoms with Gasteiger partial charge in [-0.25, -0.2) is 4.98 Å². The van der Waals surface area contributed by atoms with Gasteiger partial charge in [-0.1, -0.05) is 23.7 Å². The highest BCUT2D eigenvalue weighted by atomic mass is 35.5. The summed E-state index contributed by atoms with van der Waals surface area (Å²) in [6, 6.07) is 6.23.